The number of hydrogen-bond acceptors (Lipinski definition) is 12. The van der Waals surface area contributed by atoms with Crippen molar-refractivity contribution in [3.05, 3.63) is 64.7 Å². The number of benzene rings is 2. The number of hydrogen-bond donors (Lipinski definition) is 5. The number of aromatic nitrogens is 3. The van der Waals surface area contributed by atoms with Crippen LogP contribution in [0.1, 0.15) is 76.1 Å². The van der Waals surface area contributed by atoms with E-state index in [9.17, 15) is 9.59 Å². The summed E-state index contributed by atoms with van der Waals surface area (Å²) < 4.78 is 0. The van der Waals surface area contributed by atoms with Crippen LogP contribution in [0.15, 0.2) is 42.5 Å². The van der Waals surface area contributed by atoms with Crippen molar-refractivity contribution in [2.24, 2.45) is 0 Å². The Kier molecular flexibility index (Phi) is 12.6. The zero-order chi connectivity index (χ0) is 23.8. The molecule has 2 aliphatic heterocycles. The first-order valence-electron chi connectivity index (χ1n) is 12.5. The van der Waals surface area contributed by atoms with Gasteiger partial charge in [0.05, 0.1) is 0 Å². The van der Waals surface area contributed by atoms with Crippen molar-refractivity contribution in [1.29, 1.82) is 0 Å². The van der Waals surface area contributed by atoms with Gasteiger partial charge in [-0.1, -0.05) is 24.3 Å². The second kappa shape index (κ2) is 14.6. The van der Waals surface area contributed by atoms with E-state index in [0.29, 0.717) is 45.8 Å². The number of nitrogens with one attached hydrogen (secondary N) is 1. The molecule has 0 unspecified atom stereocenters. The van der Waals surface area contributed by atoms with Crippen molar-refractivity contribution in [3.63, 3.8) is 0 Å². The highest BCUT2D eigenvalue weighted by Gasteiger charge is 2.29. The Bertz CT molecular complexity index is 1290. The first-order chi connectivity index (χ1) is 17.2. The van der Waals surface area contributed by atoms with Gasteiger partial charge < -0.3 is 39.7 Å². The van der Waals surface area contributed by atoms with E-state index in [4.69, 9.17) is 15.0 Å². The number of piperidine rings is 2. The van der Waals surface area contributed by atoms with E-state index < -0.39 is 0 Å². The Hall–Kier alpha value is -3.68. The number of ketones is 2. The third-order valence-electron chi connectivity index (χ3n) is 7.07. The maximum absolute atomic E-state index is 13.1. The summed E-state index contributed by atoms with van der Waals surface area (Å²) in [4.78, 5) is 44.9. The van der Waals surface area contributed by atoms with Gasteiger partial charge in [-0.15, -0.1) is 12.4 Å². The Labute approximate surface area is 247 Å². The van der Waals surface area contributed by atoms with E-state index in [1.54, 1.807) is 36.4 Å². The first-order valence-corrected chi connectivity index (χ1v) is 12.5. The van der Waals surface area contributed by atoms with Gasteiger partial charge in [-0.05, 0) is 56.7 Å². The van der Waals surface area contributed by atoms with Crippen LogP contribution >= 0.6 is 12.4 Å². The summed E-state index contributed by atoms with van der Waals surface area (Å²) in [6.45, 7) is 3.77. The van der Waals surface area contributed by atoms with Crippen LogP contribution in [0.25, 0.3) is 0 Å². The van der Waals surface area contributed by atoms with Crippen molar-refractivity contribution in [3.8, 4) is 0 Å². The van der Waals surface area contributed by atoms with Gasteiger partial charge in [0, 0.05) is 59.8 Å². The molecule has 0 radical (unpaired) electrons. The second-order valence-electron chi connectivity index (χ2n) is 9.44. The smallest absolute Gasteiger partial charge is 0.233 e. The van der Waals surface area contributed by atoms with Gasteiger partial charge in [0.1, 0.15) is 0 Å². The van der Waals surface area contributed by atoms with Gasteiger partial charge in [-0.3, -0.25) is 9.59 Å². The monoisotopic (exact) mass is 580 g/mol. The van der Waals surface area contributed by atoms with Gasteiger partial charge in [0.15, 0.2) is 11.6 Å². The quantitative estimate of drug-likeness (QED) is 0.176. The highest BCUT2D eigenvalue weighted by atomic mass is 35.5. The summed E-state index contributed by atoms with van der Waals surface area (Å²) in [6, 6.07) is 12.2. The molecule has 3 aromatic rings. The van der Waals surface area contributed by atoms with E-state index in [1.165, 1.54) is 12.8 Å². The predicted molar refractivity (Wildman–Crippen MR) is 171 cm³/mol. The summed E-state index contributed by atoms with van der Waals surface area (Å²) in [5, 5.41) is 3.29. The van der Waals surface area contributed by atoms with E-state index in [1.807, 2.05) is 6.07 Å². The summed E-state index contributed by atoms with van der Waals surface area (Å²) in [5.41, 5.74) is 2.41. The molecule has 1 aliphatic carbocycles. The predicted octanol–water partition coefficient (Wildman–Crippen LogP) is 6.43. The van der Waals surface area contributed by atoms with Crippen LogP contribution in [0.2, 0.25) is 0 Å². The Morgan fingerprint density at radius 2 is 1.05 bits per heavy atom. The molecule has 2 aromatic carbocycles. The van der Waals surface area contributed by atoms with Crippen LogP contribution in [-0.2, 0) is 0 Å². The molecule has 2 fully saturated rings. The topological polar surface area (TPSA) is 231 Å². The average molecular weight is 581 g/mol. The first kappa shape index (κ1) is 34.3. The third kappa shape index (κ3) is 6.54. The number of anilines is 4. The Balaban J connectivity index is -0.000000889. The van der Waals surface area contributed by atoms with Crippen LogP contribution in [-0.4, -0.2) is 52.7 Å². The standard InChI is InChI=1S/C27H28N6O2.ClH.4H3N.4H2/c34-23-19-9-3-4-10-20(19)24(35)22-17-18(11-12-21(22)23)28-25-29-26(32-13-5-1-6-14-32)31-27(30-25)33-15-7-2-8-16-33;;;;;;;;;/h3-4,9-12,17H,1-2,5-8,13-16H2,(H,28,29,30,31);1H;4*1H3;4*1H. The van der Waals surface area contributed by atoms with E-state index >= 15 is 0 Å². The molecule has 0 spiro atoms. The molecule has 3 aliphatic rings. The molecule has 6 rings (SSSR count). The normalized spacial score (nSPS) is 15.5. The van der Waals surface area contributed by atoms with Crippen LogP contribution in [0.5, 0.6) is 0 Å². The highest BCUT2D eigenvalue weighted by Crippen LogP contribution is 2.30. The second-order valence-corrected chi connectivity index (χ2v) is 9.44. The largest absolute Gasteiger partial charge is 0.344 e. The zero-order valence-electron chi connectivity index (χ0n) is 22.9. The van der Waals surface area contributed by atoms with Crippen molar-refractivity contribution in [2.75, 3.05) is 41.3 Å². The van der Waals surface area contributed by atoms with Gasteiger partial charge in [0.25, 0.3) is 0 Å². The van der Waals surface area contributed by atoms with Gasteiger partial charge in [0.2, 0.25) is 17.8 Å². The molecule has 1 aromatic heterocycles. The fraction of sp³-hybridized carbons (Fsp3) is 0.370. The number of nitrogens with zero attached hydrogens (tertiary/aromatic N) is 5. The number of carbonyl (C=O) groups is 2. The lowest BCUT2D eigenvalue weighted by Gasteiger charge is -2.30. The van der Waals surface area contributed by atoms with Crippen molar-refractivity contribution in [2.45, 2.75) is 38.5 Å². The minimum absolute atomic E-state index is 0. The number of fused-ring (bicyclic) bond motifs is 2. The molecule has 12 nitrogen and oxygen atoms in total. The summed E-state index contributed by atoms with van der Waals surface area (Å²) >= 11 is 0. The molecule has 13 N–H and O–H groups in total. The van der Waals surface area contributed by atoms with Crippen molar-refractivity contribution >= 4 is 47.5 Å². The molecule has 0 saturated carbocycles. The number of carbonyl (C=O) groups excluding carboxylic acids is 2. The van der Waals surface area contributed by atoms with Crippen LogP contribution in [0, 0.1) is 0 Å². The molecule has 40 heavy (non-hydrogen) atoms. The molecular weight excluding hydrogens is 532 g/mol. The zero-order valence-corrected chi connectivity index (χ0v) is 23.7. The third-order valence-corrected chi connectivity index (χ3v) is 7.07. The maximum atomic E-state index is 13.1. The fourth-order valence-electron chi connectivity index (χ4n) is 5.19. The molecule has 2 saturated heterocycles. The minimum Gasteiger partial charge on any atom is -0.344 e. The summed E-state index contributed by atoms with van der Waals surface area (Å²) in [5.74, 6) is 1.58. The average Bonchev–Trinajstić information content (AvgIpc) is 2.92. The summed E-state index contributed by atoms with van der Waals surface area (Å²) in [6.07, 6.45) is 7.01. The maximum Gasteiger partial charge on any atom is 0.233 e. The molecule has 0 bridgehead atoms. The highest BCUT2D eigenvalue weighted by molar-refractivity contribution is 6.28. The van der Waals surface area contributed by atoms with E-state index in [2.05, 4.69) is 15.1 Å². The Morgan fingerprint density at radius 3 is 1.55 bits per heavy atom. The van der Waals surface area contributed by atoms with Crippen molar-refractivity contribution in [1.82, 2.24) is 39.6 Å². The fourth-order valence-corrected chi connectivity index (χ4v) is 5.19. The van der Waals surface area contributed by atoms with Crippen LogP contribution in [0.4, 0.5) is 23.5 Å². The summed E-state index contributed by atoms with van der Waals surface area (Å²) in [7, 11) is 0. The van der Waals surface area contributed by atoms with Gasteiger partial charge in [-0.25, -0.2) is 0 Å². The number of rotatable bonds is 4. The minimum atomic E-state index is -0.141. The molecule has 13 heteroatoms. The van der Waals surface area contributed by atoms with Crippen LogP contribution < -0.4 is 39.7 Å². The van der Waals surface area contributed by atoms with Gasteiger partial charge in [-0.2, -0.15) is 15.0 Å². The van der Waals surface area contributed by atoms with Gasteiger partial charge >= 0.3 is 0 Å². The van der Waals surface area contributed by atoms with E-state index in [-0.39, 0.29) is 54.3 Å². The lowest BCUT2D eigenvalue weighted by Crippen LogP contribution is -2.34. The number of halogens is 1. The molecular formula is C27H49ClN10O2. The van der Waals surface area contributed by atoms with Crippen molar-refractivity contribution < 1.29 is 15.3 Å². The molecule has 0 atom stereocenters. The van der Waals surface area contributed by atoms with Crippen LogP contribution in [0.3, 0.4) is 0 Å². The Morgan fingerprint density at radius 1 is 0.600 bits per heavy atom. The lowest BCUT2D eigenvalue weighted by molar-refractivity contribution is 0.0979. The molecule has 226 valence electrons. The SMILES string of the molecule is Cl.N.N.N.N.O=C1c2ccccc2C(=O)c2cc(Nc3nc(N4CCCCC4)nc(N4CCCCC4)n3)ccc21.[HH].[HH].[HH].[HH]. The molecule has 0 amide bonds. The molecule has 3 heterocycles. The van der Waals surface area contributed by atoms with E-state index in [0.717, 1.165) is 51.9 Å². The lowest BCUT2D eigenvalue weighted by atomic mass is 9.84.